The molecule has 7 nitrogen and oxygen atoms in total. The number of hydrogen-bond acceptors (Lipinski definition) is 4. The van der Waals surface area contributed by atoms with Crippen molar-refractivity contribution in [1.29, 1.82) is 5.26 Å². The molecule has 0 saturated carbocycles. The molecule has 1 aliphatic rings. The van der Waals surface area contributed by atoms with Gasteiger partial charge in [0.25, 0.3) is 0 Å². The highest BCUT2D eigenvalue weighted by molar-refractivity contribution is 5.74. The molecule has 1 rings (SSSR count). The normalized spacial score (nSPS) is 15.7. The summed E-state index contributed by atoms with van der Waals surface area (Å²) in [4.78, 5) is 25.7. The number of carboxylic acids is 1. The number of hydrogen-bond donors (Lipinski definition) is 1. The van der Waals surface area contributed by atoms with E-state index in [1.54, 1.807) is 16.8 Å². The van der Waals surface area contributed by atoms with E-state index in [-0.39, 0.29) is 25.2 Å². The van der Waals surface area contributed by atoms with E-state index in [1.165, 1.54) is 0 Å². The maximum atomic E-state index is 12.0. The number of piperidine rings is 1. The molecule has 1 N–H and O–H groups in total. The fraction of sp³-hybridized carbons (Fsp3) is 0.769. The first-order valence-electron chi connectivity index (χ1n) is 6.75. The lowest BCUT2D eigenvalue weighted by molar-refractivity contribution is -0.138. The Labute approximate surface area is 118 Å². The first-order chi connectivity index (χ1) is 9.54. The van der Waals surface area contributed by atoms with Gasteiger partial charge in [-0.2, -0.15) is 5.26 Å². The predicted octanol–water partition coefficient (Wildman–Crippen LogP) is 0.908. The van der Waals surface area contributed by atoms with Crippen LogP contribution in [0.3, 0.4) is 0 Å². The van der Waals surface area contributed by atoms with Crippen molar-refractivity contribution in [2.24, 2.45) is 0 Å². The SMILES string of the molecule is CN(CCC#N)C(=O)N1CCC(OCCC(=O)O)CC1. The van der Waals surface area contributed by atoms with Gasteiger partial charge in [-0.25, -0.2) is 4.79 Å². The zero-order chi connectivity index (χ0) is 15.0. The predicted molar refractivity (Wildman–Crippen MR) is 71.1 cm³/mol. The maximum absolute atomic E-state index is 12.0. The molecule has 2 amide bonds. The van der Waals surface area contributed by atoms with E-state index in [1.807, 2.05) is 6.07 Å². The van der Waals surface area contributed by atoms with Gasteiger partial charge in [0.05, 0.1) is 31.6 Å². The second-order valence-electron chi connectivity index (χ2n) is 4.81. The van der Waals surface area contributed by atoms with Crippen molar-refractivity contribution >= 4 is 12.0 Å². The Morgan fingerprint density at radius 2 is 2.10 bits per heavy atom. The molecule has 1 fully saturated rings. The standard InChI is InChI=1S/C13H21N3O4/c1-15(7-2-6-14)13(19)16-8-3-11(4-9-16)20-10-5-12(17)18/h11H,2-5,7-10H2,1H3,(H,17,18). The highest BCUT2D eigenvalue weighted by Gasteiger charge is 2.25. The van der Waals surface area contributed by atoms with E-state index in [0.29, 0.717) is 26.1 Å². The summed E-state index contributed by atoms with van der Waals surface area (Å²) in [5.41, 5.74) is 0. The molecule has 112 valence electrons. The maximum Gasteiger partial charge on any atom is 0.319 e. The van der Waals surface area contributed by atoms with Gasteiger partial charge >= 0.3 is 12.0 Å². The zero-order valence-electron chi connectivity index (χ0n) is 11.7. The van der Waals surface area contributed by atoms with E-state index in [9.17, 15) is 9.59 Å². The largest absolute Gasteiger partial charge is 0.481 e. The number of likely N-dealkylation sites (tertiary alicyclic amines) is 1. The highest BCUT2D eigenvalue weighted by atomic mass is 16.5. The molecule has 0 aromatic rings. The molecule has 1 aliphatic heterocycles. The minimum atomic E-state index is -0.864. The molecule has 0 bridgehead atoms. The number of nitrogens with zero attached hydrogens (tertiary/aromatic N) is 3. The van der Waals surface area contributed by atoms with Gasteiger partial charge in [0.2, 0.25) is 0 Å². The van der Waals surface area contributed by atoms with Gasteiger partial charge in [0.15, 0.2) is 0 Å². The Hall–Kier alpha value is -1.81. The van der Waals surface area contributed by atoms with Crippen molar-refractivity contribution in [2.75, 3.05) is 33.3 Å². The van der Waals surface area contributed by atoms with Crippen molar-refractivity contribution in [1.82, 2.24) is 9.80 Å². The van der Waals surface area contributed by atoms with Crippen molar-refractivity contribution in [3.05, 3.63) is 0 Å². The summed E-state index contributed by atoms with van der Waals surface area (Å²) in [6.45, 7) is 1.86. The van der Waals surface area contributed by atoms with E-state index < -0.39 is 5.97 Å². The Balaban J connectivity index is 2.25. The summed E-state index contributed by atoms with van der Waals surface area (Å²) in [5.74, 6) is -0.864. The van der Waals surface area contributed by atoms with Crippen LogP contribution in [-0.4, -0.2) is 66.3 Å². The van der Waals surface area contributed by atoms with Crippen LogP contribution in [0.15, 0.2) is 0 Å². The van der Waals surface area contributed by atoms with Crippen LogP contribution in [0, 0.1) is 11.3 Å². The number of nitriles is 1. The number of amides is 2. The lowest BCUT2D eigenvalue weighted by Crippen LogP contribution is -2.46. The lowest BCUT2D eigenvalue weighted by Gasteiger charge is -2.34. The van der Waals surface area contributed by atoms with Crippen LogP contribution in [0.25, 0.3) is 0 Å². The van der Waals surface area contributed by atoms with Crippen LogP contribution in [-0.2, 0) is 9.53 Å². The molecule has 1 saturated heterocycles. The monoisotopic (exact) mass is 283 g/mol. The number of carbonyl (C=O) groups excluding carboxylic acids is 1. The van der Waals surface area contributed by atoms with Crippen molar-refractivity contribution in [3.8, 4) is 6.07 Å². The quantitative estimate of drug-likeness (QED) is 0.782. The number of rotatable bonds is 6. The lowest BCUT2D eigenvalue weighted by atomic mass is 10.1. The van der Waals surface area contributed by atoms with Gasteiger partial charge in [-0.3, -0.25) is 4.79 Å². The summed E-state index contributed by atoms with van der Waals surface area (Å²) in [6, 6.07) is 1.95. The fourth-order valence-corrected chi connectivity index (χ4v) is 2.08. The summed E-state index contributed by atoms with van der Waals surface area (Å²) in [6.07, 6.45) is 1.81. The third-order valence-electron chi connectivity index (χ3n) is 3.27. The van der Waals surface area contributed by atoms with Crippen molar-refractivity contribution < 1.29 is 19.4 Å². The number of carboxylic acid groups (broad SMARTS) is 1. The van der Waals surface area contributed by atoms with Crippen molar-refractivity contribution in [2.45, 2.75) is 31.8 Å². The van der Waals surface area contributed by atoms with Crippen LogP contribution in [0.5, 0.6) is 0 Å². The van der Waals surface area contributed by atoms with Gasteiger partial charge < -0.3 is 19.6 Å². The van der Waals surface area contributed by atoms with Crippen LogP contribution in [0.1, 0.15) is 25.7 Å². The molecule has 7 heteroatoms. The molecule has 20 heavy (non-hydrogen) atoms. The van der Waals surface area contributed by atoms with Gasteiger partial charge in [-0.1, -0.05) is 0 Å². The first-order valence-corrected chi connectivity index (χ1v) is 6.75. The van der Waals surface area contributed by atoms with Gasteiger partial charge in [0.1, 0.15) is 0 Å². The molecule has 0 aromatic heterocycles. The topological polar surface area (TPSA) is 93.9 Å². The van der Waals surface area contributed by atoms with Crippen LogP contribution < -0.4 is 0 Å². The summed E-state index contributed by atoms with van der Waals surface area (Å²) in [5, 5.41) is 17.0. The second kappa shape index (κ2) is 8.38. The average Bonchev–Trinajstić information content (AvgIpc) is 2.44. The van der Waals surface area contributed by atoms with E-state index in [2.05, 4.69) is 0 Å². The third-order valence-corrected chi connectivity index (χ3v) is 3.27. The number of ether oxygens (including phenoxy) is 1. The Morgan fingerprint density at radius 3 is 2.65 bits per heavy atom. The molecular formula is C13H21N3O4. The van der Waals surface area contributed by atoms with E-state index in [4.69, 9.17) is 15.1 Å². The zero-order valence-corrected chi connectivity index (χ0v) is 11.7. The molecule has 0 aliphatic carbocycles. The molecule has 0 atom stereocenters. The molecule has 0 unspecified atom stereocenters. The molecule has 1 heterocycles. The average molecular weight is 283 g/mol. The second-order valence-corrected chi connectivity index (χ2v) is 4.81. The van der Waals surface area contributed by atoms with Crippen LogP contribution in [0.2, 0.25) is 0 Å². The summed E-state index contributed by atoms with van der Waals surface area (Å²) >= 11 is 0. The fourth-order valence-electron chi connectivity index (χ4n) is 2.08. The van der Waals surface area contributed by atoms with Gasteiger partial charge in [-0.05, 0) is 12.8 Å². The van der Waals surface area contributed by atoms with Crippen LogP contribution in [0.4, 0.5) is 4.79 Å². The highest BCUT2D eigenvalue weighted by Crippen LogP contribution is 2.15. The minimum Gasteiger partial charge on any atom is -0.481 e. The first kappa shape index (κ1) is 16.2. The van der Waals surface area contributed by atoms with Gasteiger partial charge in [-0.15, -0.1) is 0 Å². The Morgan fingerprint density at radius 1 is 1.45 bits per heavy atom. The number of urea groups is 1. The molecule has 0 aromatic carbocycles. The van der Waals surface area contributed by atoms with E-state index in [0.717, 1.165) is 12.8 Å². The Bertz CT molecular complexity index is 372. The molecule has 0 spiro atoms. The number of aliphatic carboxylic acids is 1. The smallest absolute Gasteiger partial charge is 0.319 e. The third kappa shape index (κ3) is 5.45. The molecular weight excluding hydrogens is 262 g/mol. The summed E-state index contributed by atoms with van der Waals surface area (Å²) < 4.78 is 5.47. The summed E-state index contributed by atoms with van der Waals surface area (Å²) in [7, 11) is 1.69. The van der Waals surface area contributed by atoms with Crippen molar-refractivity contribution in [3.63, 3.8) is 0 Å². The minimum absolute atomic E-state index is 0.00996. The molecule has 0 radical (unpaired) electrons. The van der Waals surface area contributed by atoms with Crippen LogP contribution >= 0.6 is 0 Å². The van der Waals surface area contributed by atoms with E-state index >= 15 is 0 Å². The number of carbonyl (C=O) groups is 2. The van der Waals surface area contributed by atoms with Gasteiger partial charge in [0, 0.05) is 26.7 Å². The Kier molecular flexibility index (Phi) is 6.81.